The van der Waals surface area contributed by atoms with Crippen molar-refractivity contribution in [2.75, 3.05) is 6.54 Å². The van der Waals surface area contributed by atoms with Crippen molar-refractivity contribution < 1.29 is 0 Å². The van der Waals surface area contributed by atoms with E-state index in [1.165, 1.54) is 37.2 Å². The van der Waals surface area contributed by atoms with Crippen LogP contribution in [0.5, 0.6) is 0 Å². The van der Waals surface area contributed by atoms with Crippen LogP contribution >= 0.6 is 15.9 Å². The average Bonchev–Trinajstić information content (AvgIpc) is 3.04. The lowest BCUT2D eigenvalue weighted by molar-refractivity contribution is 0.397. The van der Waals surface area contributed by atoms with Gasteiger partial charge >= 0.3 is 0 Å². The fourth-order valence-corrected chi connectivity index (χ4v) is 3.15. The molecule has 2 N–H and O–H groups in total. The minimum Gasteiger partial charge on any atom is -0.328 e. The number of fused-ring (bicyclic) bond motifs is 1. The quantitative estimate of drug-likeness (QED) is 0.896. The summed E-state index contributed by atoms with van der Waals surface area (Å²) in [4.78, 5) is 4.68. The Kier molecular flexibility index (Phi) is 2.36. The Bertz CT molecular complexity index is 381. The predicted molar refractivity (Wildman–Crippen MR) is 62.9 cm³/mol. The monoisotopic (exact) mass is 269 g/mol. The van der Waals surface area contributed by atoms with E-state index in [0.29, 0.717) is 12.0 Å². The van der Waals surface area contributed by atoms with Crippen molar-refractivity contribution in [3.8, 4) is 0 Å². The van der Waals surface area contributed by atoms with Crippen LogP contribution in [-0.2, 0) is 6.42 Å². The smallest absolute Gasteiger partial charge is 0.127 e. The summed E-state index contributed by atoms with van der Waals surface area (Å²) >= 11 is 3.58. The SMILES string of the molecule is NCC1CCCc2c(Br)nc(C3CC3)n21. The maximum atomic E-state index is 5.85. The molecule has 0 spiro atoms. The lowest BCUT2D eigenvalue weighted by Crippen LogP contribution is -2.26. The summed E-state index contributed by atoms with van der Waals surface area (Å²) in [6, 6.07) is 0.489. The largest absolute Gasteiger partial charge is 0.328 e. The zero-order valence-corrected chi connectivity index (χ0v) is 10.3. The second-order valence-electron chi connectivity index (χ2n) is 4.63. The number of hydrogen-bond acceptors (Lipinski definition) is 2. The molecule has 0 saturated heterocycles. The molecular weight excluding hydrogens is 254 g/mol. The number of halogens is 1. The molecule has 1 fully saturated rings. The van der Waals surface area contributed by atoms with Gasteiger partial charge < -0.3 is 10.3 Å². The first-order valence-corrected chi connectivity index (χ1v) is 6.57. The van der Waals surface area contributed by atoms with Crippen molar-refractivity contribution in [3.63, 3.8) is 0 Å². The number of aromatic nitrogens is 2. The Balaban J connectivity index is 2.08. The lowest BCUT2D eigenvalue weighted by Gasteiger charge is -2.26. The molecule has 2 aliphatic rings. The Morgan fingerprint density at radius 2 is 2.20 bits per heavy atom. The van der Waals surface area contributed by atoms with Gasteiger partial charge in [0.15, 0.2) is 0 Å². The number of rotatable bonds is 2. The van der Waals surface area contributed by atoms with Crippen LogP contribution in [0, 0.1) is 0 Å². The highest BCUT2D eigenvalue weighted by molar-refractivity contribution is 9.10. The summed E-state index contributed by atoms with van der Waals surface area (Å²) in [5.41, 5.74) is 7.23. The number of nitrogens with two attached hydrogens (primary N) is 1. The Morgan fingerprint density at radius 1 is 1.40 bits per heavy atom. The summed E-state index contributed by atoms with van der Waals surface area (Å²) < 4.78 is 3.48. The van der Waals surface area contributed by atoms with Crippen LogP contribution in [0.4, 0.5) is 0 Å². The first-order chi connectivity index (χ1) is 7.31. The molecule has 0 bridgehead atoms. The van der Waals surface area contributed by atoms with Gasteiger partial charge in [0.1, 0.15) is 10.4 Å². The highest BCUT2D eigenvalue weighted by atomic mass is 79.9. The average molecular weight is 270 g/mol. The van der Waals surface area contributed by atoms with Crippen LogP contribution in [0.15, 0.2) is 4.60 Å². The van der Waals surface area contributed by atoms with Crippen LogP contribution < -0.4 is 5.73 Å². The molecule has 0 amide bonds. The normalized spacial score (nSPS) is 25.3. The zero-order chi connectivity index (χ0) is 10.4. The Hall–Kier alpha value is -0.350. The molecule has 3 nitrogen and oxygen atoms in total. The van der Waals surface area contributed by atoms with Gasteiger partial charge in [-0.1, -0.05) is 0 Å². The number of imidazole rings is 1. The number of hydrogen-bond donors (Lipinski definition) is 1. The maximum Gasteiger partial charge on any atom is 0.127 e. The standard InChI is InChI=1S/C11H16BrN3/c12-10-9-3-1-2-8(6-13)15(9)11(14-10)7-4-5-7/h7-8H,1-6,13H2. The van der Waals surface area contributed by atoms with E-state index in [1.54, 1.807) is 0 Å². The van der Waals surface area contributed by atoms with E-state index in [0.717, 1.165) is 17.6 Å². The van der Waals surface area contributed by atoms with Gasteiger partial charge in [-0.25, -0.2) is 4.98 Å². The molecule has 1 aromatic heterocycles. The molecule has 0 aromatic carbocycles. The third-order valence-electron chi connectivity index (χ3n) is 3.52. The Morgan fingerprint density at radius 3 is 2.87 bits per heavy atom. The van der Waals surface area contributed by atoms with Gasteiger partial charge in [-0.05, 0) is 48.0 Å². The first kappa shape index (κ1) is 9.85. The van der Waals surface area contributed by atoms with Crippen LogP contribution in [-0.4, -0.2) is 16.1 Å². The molecule has 3 rings (SSSR count). The highest BCUT2D eigenvalue weighted by Gasteiger charge is 2.34. The van der Waals surface area contributed by atoms with E-state index >= 15 is 0 Å². The second kappa shape index (κ2) is 3.59. The van der Waals surface area contributed by atoms with E-state index in [4.69, 9.17) is 5.73 Å². The predicted octanol–water partition coefficient (Wildman–Crippen LogP) is 2.36. The number of nitrogens with zero attached hydrogens (tertiary/aromatic N) is 2. The van der Waals surface area contributed by atoms with Gasteiger partial charge in [-0.15, -0.1) is 0 Å². The summed E-state index contributed by atoms with van der Waals surface area (Å²) in [6.45, 7) is 0.746. The topological polar surface area (TPSA) is 43.8 Å². The van der Waals surface area contributed by atoms with E-state index in [2.05, 4.69) is 25.5 Å². The van der Waals surface area contributed by atoms with Gasteiger partial charge in [-0.2, -0.15) is 0 Å². The van der Waals surface area contributed by atoms with E-state index in [1.807, 2.05) is 0 Å². The van der Waals surface area contributed by atoms with E-state index < -0.39 is 0 Å². The highest BCUT2D eigenvalue weighted by Crippen LogP contribution is 2.43. The molecule has 0 radical (unpaired) electrons. The molecule has 1 aliphatic heterocycles. The third-order valence-corrected chi connectivity index (χ3v) is 4.15. The molecule has 1 atom stereocenters. The van der Waals surface area contributed by atoms with Crippen LogP contribution in [0.3, 0.4) is 0 Å². The van der Waals surface area contributed by atoms with Crippen molar-refractivity contribution in [1.29, 1.82) is 0 Å². The molecule has 1 aromatic rings. The molecule has 15 heavy (non-hydrogen) atoms. The summed E-state index contributed by atoms with van der Waals surface area (Å²) in [7, 11) is 0. The third kappa shape index (κ3) is 1.54. The van der Waals surface area contributed by atoms with Crippen LogP contribution in [0.1, 0.15) is 49.2 Å². The molecule has 82 valence electrons. The van der Waals surface area contributed by atoms with E-state index in [9.17, 15) is 0 Å². The molecule has 2 heterocycles. The van der Waals surface area contributed by atoms with Gasteiger partial charge in [0.25, 0.3) is 0 Å². The molecule has 1 saturated carbocycles. The minimum atomic E-state index is 0.489. The minimum absolute atomic E-state index is 0.489. The molecular formula is C11H16BrN3. The van der Waals surface area contributed by atoms with Crippen molar-refractivity contribution in [2.24, 2.45) is 5.73 Å². The second-order valence-corrected chi connectivity index (χ2v) is 5.38. The molecule has 1 unspecified atom stereocenters. The lowest BCUT2D eigenvalue weighted by atomic mass is 10.0. The fraction of sp³-hybridized carbons (Fsp3) is 0.727. The molecule has 1 aliphatic carbocycles. The van der Waals surface area contributed by atoms with Crippen LogP contribution in [0.2, 0.25) is 0 Å². The fourth-order valence-electron chi connectivity index (χ4n) is 2.57. The van der Waals surface area contributed by atoms with E-state index in [-0.39, 0.29) is 0 Å². The van der Waals surface area contributed by atoms with Crippen LogP contribution in [0.25, 0.3) is 0 Å². The van der Waals surface area contributed by atoms with Gasteiger partial charge in [0, 0.05) is 18.5 Å². The van der Waals surface area contributed by atoms with Gasteiger partial charge in [0.2, 0.25) is 0 Å². The van der Waals surface area contributed by atoms with Crippen molar-refractivity contribution in [2.45, 2.75) is 44.1 Å². The van der Waals surface area contributed by atoms with Crippen molar-refractivity contribution in [3.05, 3.63) is 16.1 Å². The summed E-state index contributed by atoms with van der Waals surface area (Å²) in [5.74, 6) is 1.99. The molecule has 4 heteroatoms. The summed E-state index contributed by atoms with van der Waals surface area (Å²) in [6.07, 6.45) is 6.22. The van der Waals surface area contributed by atoms with Crippen molar-refractivity contribution >= 4 is 15.9 Å². The Labute approximate surface area is 98.2 Å². The maximum absolute atomic E-state index is 5.85. The van der Waals surface area contributed by atoms with Crippen molar-refractivity contribution in [1.82, 2.24) is 9.55 Å². The zero-order valence-electron chi connectivity index (χ0n) is 8.75. The summed E-state index contributed by atoms with van der Waals surface area (Å²) in [5, 5.41) is 0. The van der Waals surface area contributed by atoms with Gasteiger partial charge in [0.05, 0.1) is 5.69 Å². The van der Waals surface area contributed by atoms with Gasteiger partial charge in [-0.3, -0.25) is 0 Å². The first-order valence-electron chi connectivity index (χ1n) is 5.78.